The van der Waals surface area contributed by atoms with Gasteiger partial charge in [0.15, 0.2) is 11.6 Å². The summed E-state index contributed by atoms with van der Waals surface area (Å²) in [6.07, 6.45) is 7.99. The van der Waals surface area contributed by atoms with Crippen molar-refractivity contribution in [3.05, 3.63) is 34.4 Å². The van der Waals surface area contributed by atoms with Gasteiger partial charge in [-0.2, -0.15) is 0 Å². The van der Waals surface area contributed by atoms with Crippen molar-refractivity contribution >= 4 is 23.3 Å². The van der Waals surface area contributed by atoms with Crippen LogP contribution >= 0.6 is 0 Å². The fourth-order valence-electron chi connectivity index (χ4n) is 8.70. The van der Waals surface area contributed by atoms with Crippen molar-refractivity contribution in [1.29, 1.82) is 0 Å². The largest absolute Gasteiger partial charge is 0.478 e. The lowest BCUT2D eigenvalue weighted by Gasteiger charge is -2.60. The Kier molecular flexibility index (Phi) is 6.18. The molecule has 0 aromatic carbocycles. The summed E-state index contributed by atoms with van der Waals surface area (Å²) in [5, 5.41) is 9.48. The van der Waals surface area contributed by atoms with E-state index >= 15 is 0 Å². The molecule has 4 rings (SSSR count). The number of hydrogen-bond donors (Lipinski definition) is 1. The summed E-state index contributed by atoms with van der Waals surface area (Å²) < 4.78 is 0. The van der Waals surface area contributed by atoms with Crippen molar-refractivity contribution in [2.45, 2.75) is 87.0 Å². The second kappa shape index (κ2) is 8.38. The van der Waals surface area contributed by atoms with Gasteiger partial charge in [0.25, 0.3) is 0 Å². The highest BCUT2D eigenvalue weighted by Crippen LogP contribution is 2.69. The van der Waals surface area contributed by atoms with Gasteiger partial charge in [0.05, 0.1) is 0 Å². The smallest absolute Gasteiger partial charge is 0.330 e. The Labute approximate surface area is 209 Å². The van der Waals surface area contributed by atoms with Gasteiger partial charge in [-0.25, -0.2) is 4.79 Å². The van der Waals surface area contributed by atoms with E-state index in [0.29, 0.717) is 30.6 Å². The lowest BCUT2D eigenvalue weighted by molar-refractivity contribution is -0.154. The number of allylic oxidation sites excluding steroid dienone is 5. The zero-order valence-electron chi connectivity index (χ0n) is 22.3. The van der Waals surface area contributed by atoms with Crippen LogP contribution in [-0.4, -0.2) is 28.4 Å². The van der Waals surface area contributed by atoms with Gasteiger partial charge in [0.2, 0.25) is 0 Å². The van der Waals surface area contributed by atoms with Crippen molar-refractivity contribution in [2.75, 3.05) is 0 Å². The summed E-state index contributed by atoms with van der Waals surface area (Å²) in [6.45, 7) is 13.9. The third-order valence-corrected chi connectivity index (χ3v) is 10.5. The van der Waals surface area contributed by atoms with E-state index in [4.69, 9.17) is 0 Å². The Balaban J connectivity index is 1.77. The summed E-state index contributed by atoms with van der Waals surface area (Å²) in [5.74, 6) is -0.458. The number of carbonyl (C=O) groups excluding carboxylic acids is 3. The number of ketones is 3. The molecule has 5 heteroatoms. The molecule has 4 aliphatic rings. The quantitative estimate of drug-likeness (QED) is 0.507. The number of carbonyl (C=O) groups is 4. The summed E-state index contributed by atoms with van der Waals surface area (Å²) in [7, 11) is 0. The first-order chi connectivity index (χ1) is 16.2. The maximum atomic E-state index is 13.7. The van der Waals surface area contributed by atoms with Gasteiger partial charge in [-0.15, -0.1) is 0 Å². The SMILES string of the molecule is CC(=O)C1=CCC(C(C)=C2C(=O)CC3C2(C)CCC2C(C)(C)C(=O)CCC23C)C1C=C(C)C(=O)O. The maximum absolute atomic E-state index is 13.7. The summed E-state index contributed by atoms with van der Waals surface area (Å²) >= 11 is 0. The highest BCUT2D eigenvalue weighted by atomic mass is 16.4. The Morgan fingerprint density at radius 2 is 1.69 bits per heavy atom. The molecule has 0 bridgehead atoms. The number of hydrogen-bond acceptors (Lipinski definition) is 4. The zero-order valence-corrected chi connectivity index (χ0v) is 22.3. The van der Waals surface area contributed by atoms with Crippen LogP contribution in [0.15, 0.2) is 34.4 Å². The first kappa shape index (κ1) is 25.8. The summed E-state index contributed by atoms with van der Waals surface area (Å²) in [5.41, 5.74) is 2.08. The second-order valence-corrected chi connectivity index (χ2v) is 12.6. The van der Waals surface area contributed by atoms with Crippen LogP contribution in [0.4, 0.5) is 0 Å². The lowest BCUT2D eigenvalue weighted by atomic mass is 9.43. The van der Waals surface area contributed by atoms with E-state index in [1.807, 2.05) is 13.0 Å². The average Bonchev–Trinajstić information content (AvgIpc) is 3.29. The third-order valence-electron chi connectivity index (χ3n) is 10.5. The number of aliphatic carboxylic acids is 1. The molecule has 0 aromatic heterocycles. The lowest BCUT2D eigenvalue weighted by Crippen LogP contribution is -2.56. The van der Waals surface area contributed by atoms with E-state index in [9.17, 15) is 24.3 Å². The predicted molar refractivity (Wildman–Crippen MR) is 135 cm³/mol. The van der Waals surface area contributed by atoms with E-state index < -0.39 is 5.97 Å². The van der Waals surface area contributed by atoms with Gasteiger partial charge in [-0.05, 0) is 80.6 Å². The Morgan fingerprint density at radius 1 is 1.03 bits per heavy atom. The number of carboxylic acid groups (broad SMARTS) is 1. The van der Waals surface area contributed by atoms with Crippen LogP contribution in [0.1, 0.15) is 87.0 Å². The van der Waals surface area contributed by atoms with Crippen LogP contribution in [0, 0.1) is 39.9 Å². The molecule has 190 valence electrons. The van der Waals surface area contributed by atoms with Crippen molar-refractivity contribution < 1.29 is 24.3 Å². The molecule has 3 fully saturated rings. The van der Waals surface area contributed by atoms with Crippen molar-refractivity contribution in [2.24, 2.45) is 39.9 Å². The molecule has 0 amide bonds. The average molecular weight is 481 g/mol. The van der Waals surface area contributed by atoms with Crippen molar-refractivity contribution in [3.63, 3.8) is 0 Å². The molecule has 0 aromatic rings. The summed E-state index contributed by atoms with van der Waals surface area (Å²) in [4.78, 5) is 50.5. The van der Waals surface area contributed by atoms with Gasteiger partial charge in [-0.1, -0.05) is 45.4 Å². The minimum atomic E-state index is -0.992. The monoisotopic (exact) mass is 480 g/mol. The van der Waals surface area contributed by atoms with Crippen LogP contribution in [0.25, 0.3) is 0 Å². The molecule has 5 nitrogen and oxygen atoms in total. The Hall–Kier alpha value is -2.30. The number of carboxylic acids is 1. The molecule has 0 saturated heterocycles. The summed E-state index contributed by atoms with van der Waals surface area (Å²) in [6, 6.07) is 0. The fourth-order valence-corrected chi connectivity index (χ4v) is 8.70. The van der Waals surface area contributed by atoms with E-state index in [1.54, 1.807) is 13.0 Å². The molecular weight excluding hydrogens is 440 g/mol. The molecule has 6 atom stereocenters. The first-order valence-corrected chi connectivity index (χ1v) is 13.1. The zero-order chi connectivity index (χ0) is 26.1. The van der Waals surface area contributed by atoms with Gasteiger partial charge in [0.1, 0.15) is 5.78 Å². The molecule has 0 heterocycles. The van der Waals surface area contributed by atoms with Gasteiger partial charge in [0, 0.05) is 35.3 Å². The van der Waals surface area contributed by atoms with E-state index in [-0.39, 0.29) is 57.1 Å². The molecule has 0 spiro atoms. The standard InChI is InChI=1S/C30H40O5/c1-16(27(34)35)14-21-19(8-9-20(21)18(3)31)17(2)26-22(32)15-24-29(6)13-11-25(33)28(4,5)23(29)10-12-30(24,26)7/h9,14,19,21,23-24H,8,10-13,15H2,1-7H3,(H,34,35). The van der Waals surface area contributed by atoms with Gasteiger partial charge < -0.3 is 5.11 Å². The van der Waals surface area contributed by atoms with Crippen LogP contribution in [0.5, 0.6) is 0 Å². The van der Waals surface area contributed by atoms with E-state index in [2.05, 4.69) is 27.7 Å². The van der Waals surface area contributed by atoms with Crippen molar-refractivity contribution in [1.82, 2.24) is 0 Å². The number of fused-ring (bicyclic) bond motifs is 3. The molecule has 6 unspecified atom stereocenters. The minimum absolute atomic E-state index is 0.0475. The van der Waals surface area contributed by atoms with Crippen LogP contribution in [0.3, 0.4) is 0 Å². The molecule has 4 aliphatic carbocycles. The highest BCUT2D eigenvalue weighted by molar-refractivity contribution is 6.01. The van der Waals surface area contributed by atoms with Crippen molar-refractivity contribution in [3.8, 4) is 0 Å². The minimum Gasteiger partial charge on any atom is -0.478 e. The predicted octanol–water partition coefficient (Wildman–Crippen LogP) is 5.89. The maximum Gasteiger partial charge on any atom is 0.330 e. The first-order valence-electron chi connectivity index (χ1n) is 13.1. The molecular formula is C30H40O5. The fraction of sp³-hybridized carbons (Fsp3) is 0.667. The number of rotatable bonds is 4. The molecule has 3 saturated carbocycles. The topological polar surface area (TPSA) is 88.5 Å². The molecule has 1 N–H and O–H groups in total. The van der Waals surface area contributed by atoms with Crippen LogP contribution in [-0.2, 0) is 19.2 Å². The Bertz CT molecular complexity index is 1100. The normalized spacial score (nSPS) is 40.2. The van der Waals surface area contributed by atoms with E-state index in [1.165, 1.54) is 6.92 Å². The third kappa shape index (κ3) is 3.72. The molecule has 0 aliphatic heterocycles. The van der Waals surface area contributed by atoms with Gasteiger partial charge >= 0.3 is 5.97 Å². The van der Waals surface area contributed by atoms with Crippen LogP contribution in [0.2, 0.25) is 0 Å². The van der Waals surface area contributed by atoms with Crippen LogP contribution < -0.4 is 0 Å². The number of Topliss-reactive ketones (excluding diaryl/α,β-unsaturated/α-hetero) is 3. The van der Waals surface area contributed by atoms with E-state index in [0.717, 1.165) is 30.4 Å². The highest BCUT2D eigenvalue weighted by Gasteiger charge is 2.64. The Morgan fingerprint density at radius 3 is 2.29 bits per heavy atom. The van der Waals surface area contributed by atoms with Gasteiger partial charge in [-0.3, -0.25) is 14.4 Å². The molecule has 35 heavy (non-hydrogen) atoms. The molecule has 0 radical (unpaired) electrons. The second-order valence-electron chi connectivity index (χ2n) is 12.6.